The Kier molecular flexibility index (Phi) is 6.10. The van der Waals surface area contributed by atoms with Crippen LogP contribution >= 0.6 is 11.3 Å². The van der Waals surface area contributed by atoms with Gasteiger partial charge < -0.3 is 10.1 Å². The first-order chi connectivity index (χ1) is 13.4. The molecule has 0 radical (unpaired) electrons. The monoisotopic (exact) mass is 402 g/mol. The summed E-state index contributed by atoms with van der Waals surface area (Å²) < 4.78 is 32.1. The van der Waals surface area contributed by atoms with Gasteiger partial charge in [0.25, 0.3) is 0 Å². The van der Waals surface area contributed by atoms with Crippen molar-refractivity contribution in [1.29, 1.82) is 0 Å². The van der Waals surface area contributed by atoms with Crippen LogP contribution in [0.3, 0.4) is 0 Å². The fourth-order valence-electron chi connectivity index (χ4n) is 2.38. The molecule has 3 rings (SSSR count). The molecule has 0 fully saturated rings. The lowest BCUT2D eigenvalue weighted by molar-refractivity contribution is -0.115. The van der Waals surface area contributed by atoms with Crippen LogP contribution in [0.1, 0.15) is 26.6 Å². The molecule has 0 aliphatic rings. The molecule has 0 atom stereocenters. The van der Waals surface area contributed by atoms with Crippen molar-refractivity contribution in [3.63, 3.8) is 0 Å². The zero-order valence-electron chi connectivity index (χ0n) is 14.9. The summed E-state index contributed by atoms with van der Waals surface area (Å²) >= 11 is 1.23. The number of thiazole rings is 1. The first-order valence-electron chi connectivity index (χ1n) is 8.33. The van der Waals surface area contributed by atoms with Crippen molar-refractivity contribution in [3.8, 4) is 0 Å². The van der Waals surface area contributed by atoms with Crippen LogP contribution in [0.25, 0.3) is 0 Å². The van der Waals surface area contributed by atoms with Crippen LogP contribution in [0.2, 0.25) is 0 Å². The van der Waals surface area contributed by atoms with Crippen molar-refractivity contribution in [2.24, 2.45) is 0 Å². The number of esters is 1. The normalized spacial score (nSPS) is 10.5. The molecule has 0 aliphatic heterocycles. The van der Waals surface area contributed by atoms with Gasteiger partial charge in [-0.3, -0.25) is 4.79 Å². The van der Waals surface area contributed by atoms with Crippen LogP contribution in [0.5, 0.6) is 0 Å². The van der Waals surface area contributed by atoms with Crippen molar-refractivity contribution >= 4 is 28.9 Å². The highest BCUT2D eigenvalue weighted by atomic mass is 32.1. The summed E-state index contributed by atoms with van der Waals surface area (Å²) in [5.41, 5.74) is 1.43. The van der Waals surface area contributed by atoms with E-state index in [1.165, 1.54) is 11.3 Å². The van der Waals surface area contributed by atoms with Crippen LogP contribution in [0, 0.1) is 18.6 Å². The zero-order valence-corrected chi connectivity index (χ0v) is 15.7. The minimum Gasteiger partial charge on any atom is -0.455 e. The number of rotatable bonds is 6. The number of amides is 1. The SMILES string of the molecule is Cc1ccc(NC(=O)Cc2nc(COC(=O)c3c(F)cccc3F)cs2)cc1. The summed E-state index contributed by atoms with van der Waals surface area (Å²) in [6.45, 7) is 1.71. The molecular weight excluding hydrogens is 386 g/mol. The predicted octanol–water partition coefficient (Wildman–Crippen LogP) is 4.27. The van der Waals surface area contributed by atoms with E-state index in [2.05, 4.69) is 10.3 Å². The number of anilines is 1. The molecule has 1 N–H and O–H groups in total. The Morgan fingerprint density at radius 2 is 1.79 bits per heavy atom. The fourth-order valence-corrected chi connectivity index (χ4v) is 3.16. The summed E-state index contributed by atoms with van der Waals surface area (Å²) in [5, 5.41) is 4.93. The molecule has 2 aromatic carbocycles. The van der Waals surface area contributed by atoms with Gasteiger partial charge in [-0.2, -0.15) is 0 Å². The van der Waals surface area contributed by atoms with Crippen LogP contribution in [0.4, 0.5) is 14.5 Å². The number of halogens is 2. The lowest BCUT2D eigenvalue weighted by Crippen LogP contribution is -2.14. The van der Waals surface area contributed by atoms with E-state index >= 15 is 0 Å². The minimum atomic E-state index is -1.11. The lowest BCUT2D eigenvalue weighted by Gasteiger charge is -2.05. The molecule has 28 heavy (non-hydrogen) atoms. The van der Waals surface area contributed by atoms with E-state index in [-0.39, 0.29) is 18.9 Å². The third-order valence-corrected chi connectivity index (χ3v) is 4.66. The molecule has 0 saturated heterocycles. The number of hydrogen-bond donors (Lipinski definition) is 1. The van der Waals surface area contributed by atoms with Gasteiger partial charge in [0.1, 0.15) is 28.8 Å². The molecule has 1 heterocycles. The van der Waals surface area contributed by atoms with Gasteiger partial charge in [0.05, 0.1) is 12.1 Å². The first kappa shape index (κ1) is 19.6. The molecule has 0 aliphatic carbocycles. The maximum absolute atomic E-state index is 13.6. The third kappa shape index (κ3) is 4.98. The Morgan fingerprint density at radius 3 is 2.46 bits per heavy atom. The average molecular weight is 402 g/mol. The van der Waals surface area contributed by atoms with Gasteiger partial charge in [0, 0.05) is 11.1 Å². The molecule has 5 nitrogen and oxygen atoms in total. The number of aryl methyl sites for hydroxylation is 1. The van der Waals surface area contributed by atoms with Crippen molar-refractivity contribution in [2.75, 3.05) is 5.32 Å². The van der Waals surface area contributed by atoms with E-state index in [1.807, 2.05) is 31.2 Å². The Bertz CT molecular complexity index is 983. The Labute approximate surface area is 164 Å². The summed E-state index contributed by atoms with van der Waals surface area (Å²) in [6, 6.07) is 10.5. The number of hydrogen-bond acceptors (Lipinski definition) is 5. The van der Waals surface area contributed by atoms with Crippen LogP contribution < -0.4 is 5.32 Å². The first-order valence-corrected chi connectivity index (χ1v) is 9.21. The maximum atomic E-state index is 13.6. The lowest BCUT2D eigenvalue weighted by atomic mass is 10.2. The topological polar surface area (TPSA) is 68.3 Å². The summed E-state index contributed by atoms with van der Waals surface area (Å²) in [4.78, 5) is 28.2. The van der Waals surface area contributed by atoms with Crippen LogP contribution in [0.15, 0.2) is 47.8 Å². The summed E-state index contributed by atoms with van der Waals surface area (Å²) in [5.74, 6) is -3.31. The van der Waals surface area contributed by atoms with Crippen molar-refractivity contribution in [2.45, 2.75) is 20.0 Å². The quantitative estimate of drug-likeness (QED) is 0.626. The number of nitrogens with one attached hydrogen (secondary N) is 1. The van der Waals surface area contributed by atoms with Gasteiger partial charge in [-0.15, -0.1) is 11.3 Å². The average Bonchev–Trinajstić information content (AvgIpc) is 3.09. The minimum absolute atomic E-state index is 0.0639. The molecule has 1 aromatic heterocycles. The molecule has 8 heteroatoms. The highest BCUT2D eigenvalue weighted by molar-refractivity contribution is 7.09. The Morgan fingerprint density at radius 1 is 1.11 bits per heavy atom. The van der Waals surface area contributed by atoms with Gasteiger partial charge in [-0.05, 0) is 31.2 Å². The van der Waals surface area contributed by atoms with Gasteiger partial charge in [-0.25, -0.2) is 18.6 Å². The second kappa shape index (κ2) is 8.71. The number of carbonyl (C=O) groups is 2. The van der Waals surface area contributed by atoms with Crippen LogP contribution in [-0.4, -0.2) is 16.9 Å². The Hall–Kier alpha value is -3.13. The van der Waals surface area contributed by atoms with Crippen LogP contribution in [-0.2, 0) is 22.6 Å². The van der Waals surface area contributed by atoms with E-state index < -0.39 is 23.2 Å². The molecule has 0 unspecified atom stereocenters. The molecule has 144 valence electrons. The number of carbonyl (C=O) groups excluding carboxylic acids is 2. The summed E-state index contributed by atoms with van der Waals surface area (Å²) in [6.07, 6.45) is 0.0639. The third-order valence-electron chi connectivity index (χ3n) is 3.76. The van der Waals surface area contributed by atoms with Gasteiger partial charge in [-0.1, -0.05) is 23.8 Å². The molecule has 0 saturated carbocycles. The fraction of sp³-hybridized carbons (Fsp3) is 0.150. The van der Waals surface area contributed by atoms with Crippen molar-refractivity contribution in [1.82, 2.24) is 4.98 Å². The standard InChI is InChI=1S/C20H16F2N2O3S/c1-12-5-7-13(8-6-12)23-17(25)9-18-24-14(11-28-18)10-27-20(26)19-15(21)3-2-4-16(19)22/h2-8,11H,9-10H2,1H3,(H,23,25). The maximum Gasteiger partial charge on any atom is 0.344 e. The molecule has 3 aromatic rings. The van der Waals surface area contributed by atoms with Gasteiger partial charge in [0.2, 0.25) is 5.91 Å². The highest BCUT2D eigenvalue weighted by Gasteiger charge is 2.19. The number of aromatic nitrogens is 1. The highest BCUT2D eigenvalue weighted by Crippen LogP contribution is 2.16. The number of ether oxygens (including phenoxy) is 1. The second-order valence-corrected chi connectivity index (χ2v) is 6.94. The second-order valence-electron chi connectivity index (χ2n) is 6.00. The molecular formula is C20H16F2N2O3S. The molecule has 1 amide bonds. The van der Waals surface area contributed by atoms with E-state index in [0.29, 0.717) is 16.4 Å². The number of benzene rings is 2. The van der Waals surface area contributed by atoms with Gasteiger partial charge >= 0.3 is 5.97 Å². The zero-order chi connectivity index (χ0) is 20.1. The largest absolute Gasteiger partial charge is 0.455 e. The van der Waals surface area contributed by atoms with E-state index in [1.54, 1.807) is 5.38 Å². The van der Waals surface area contributed by atoms with E-state index in [9.17, 15) is 18.4 Å². The predicted molar refractivity (Wildman–Crippen MR) is 101 cm³/mol. The molecule has 0 bridgehead atoms. The van der Waals surface area contributed by atoms with E-state index in [4.69, 9.17) is 4.74 Å². The summed E-state index contributed by atoms with van der Waals surface area (Å²) in [7, 11) is 0. The number of nitrogens with zero attached hydrogens (tertiary/aromatic N) is 1. The van der Waals surface area contributed by atoms with Gasteiger partial charge in [0.15, 0.2) is 0 Å². The van der Waals surface area contributed by atoms with Crippen molar-refractivity contribution in [3.05, 3.63) is 81.3 Å². The smallest absolute Gasteiger partial charge is 0.344 e. The van der Waals surface area contributed by atoms with E-state index in [0.717, 1.165) is 23.8 Å². The Balaban J connectivity index is 1.54. The van der Waals surface area contributed by atoms with Crippen molar-refractivity contribution < 1.29 is 23.1 Å². The molecule has 0 spiro atoms.